The highest BCUT2D eigenvalue weighted by atomic mass is 35.5. The zero-order valence-electron chi connectivity index (χ0n) is 10.8. The smallest absolute Gasteiger partial charge is 0.169 e. The van der Waals surface area contributed by atoms with Crippen molar-refractivity contribution in [1.82, 2.24) is 5.32 Å². The van der Waals surface area contributed by atoms with Crippen LogP contribution in [0, 0.1) is 12.8 Å². The fourth-order valence-electron chi connectivity index (χ4n) is 2.32. The summed E-state index contributed by atoms with van der Waals surface area (Å²) >= 11 is 6.11. The highest BCUT2D eigenvalue weighted by Gasteiger charge is 2.25. The number of nitrogens with one attached hydrogen (secondary N) is 1. The first-order chi connectivity index (χ1) is 8.63. The highest BCUT2D eigenvalue weighted by molar-refractivity contribution is 6.31. The Bertz CT molecular complexity index is 453. The van der Waals surface area contributed by atoms with Crippen molar-refractivity contribution in [2.75, 3.05) is 20.2 Å². The molecule has 0 aromatic heterocycles. The first-order valence-corrected chi connectivity index (χ1v) is 6.60. The molecule has 1 aromatic carbocycles. The second-order valence-corrected chi connectivity index (χ2v) is 5.10. The minimum absolute atomic E-state index is 0.0823. The van der Waals surface area contributed by atoms with E-state index in [9.17, 15) is 4.79 Å². The van der Waals surface area contributed by atoms with Gasteiger partial charge in [0.05, 0.1) is 12.7 Å². The average molecular weight is 268 g/mol. The highest BCUT2D eigenvalue weighted by Crippen LogP contribution is 2.30. The molecule has 0 aliphatic carbocycles. The molecular weight excluding hydrogens is 250 g/mol. The number of hydrogen-bond donors (Lipinski definition) is 1. The van der Waals surface area contributed by atoms with E-state index in [0.29, 0.717) is 16.3 Å². The van der Waals surface area contributed by atoms with Gasteiger partial charge in [-0.2, -0.15) is 0 Å². The number of rotatable bonds is 3. The number of aryl methyl sites for hydroxylation is 1. The summed E-state index contributed by atoms with van der Waals surface area (Å²) in [6.07, 6.45) is 1.76. The minimum atomic E-state index is 0.0823. The molecule has 1 aliphatic rings. The Morgan fingerprint density at radius 1 is 1.39 bits per heavy atom. The number of hydrogen-bond acceptors (Lipinski definition) is 3. The van der Waals surface area contributed by atoms with Crippen LogP contribution in [0.3, 0.4) is 0 Å². The van der Waals surface area contributed by atoms with Crippen LogP contribution in [0.1, 0.15) is 28.8 Å². The lowest BCUT2D eigenvalue weighted by molar-refractivity contribution is 0.0892. The maximum atomic E-state index is 12.5. The molecule has 0 bridgehead atoms. The van der Waals surface area contributed by atoms with Gasteiger partial charge in [0, 0.05) is 10.9 Å². The van der Waals surface area contributed by atoms with E-state index in [1.165, 1.54) is 0 Å². The van der Waals surface area contributed by atoms with Gasteiger partial charge < -0.3 is 10.1 Å². The molecular formula is C14H18ClNO2. The molecule has 1 aromatic rings. The van der Waals surface area contributed by atoms with Crippen molar-refractivity contribution in [2.24, 2.45) is 5.92 Å². The van der Waals surface area contributed by atoms with Gasteiger partial charge >= 0.3 is 0 Å². The molecule has 4 heteroatoms. The van der Waals surface area contributed by atoms with Crippen molar-refractivity contribution >= 4 is 17.4 Å². The Morgan fingerprint density at radius 2 is 2.06 bits per heavy atom. The lowest BCUT2D eigenvalue weighted by Gasteiger charge is -2.22. The number of carbonyl (C=O) groups excluding carboxylic acids is 1. The average Bonchev–Trinajstić information content (AvgIpc) is 2.41. The van der Waals surface area contributed by atoms with Gasteiger partial charge in [-0.3, -0.25) is 4.79 Å². The molecule has 98 valence electrons. The number of carbonyl (C=O) groups is 1. The standard InChI is InChI=1S/C14H18ClNO2/c1-9-7-13(18-2)11(8-12(9)15)14(17)10-3-5-16-6-4-10/h7-8,10,16H,3-6H2,1-2H3. The summed E-state index contributed by atoms with van der Waals surface area (Å²) in [5, 5.41) is 3.88. The number of piperidine rings is 1. The summed E-state index contributed by atoms with van der Waals surface area (Å²) in [6, 6.07) is 3.57. The third-order valence-corrected chi connectivity index (χ3v) is 3.86. The maximum Gasteiger partial charge on any atom is 0.169 e. The van der Waals surface area contributed by atoms with E-state index in [2.05, 4.69) is 5.32 Å². The van der Waals surface area contributed by atoms with Gasteiger partial charge in [-0.15, -0.1) is 0 Å². The van der Waals surface area contributed by atoms with Crippen LogP contribution < -0.4 is 10.1 Å². The lowest BCUT2D eigenvalue weighted by Crippen LogP contribution is -2.32. The second kappa shape index (κ2) is 5.72. The minimum Gasteiger partial charge on any atom is -0.496 e. The maximum absolute atomic E-state index is 12.5. The molecule has 0 spiro atoms. The van der Waals surface area contributed by atoms with Crippen LogP contribution in [-0.2, 0) is 0 Å². The van der Waals surface area contributed by atoms with Crippen LogP contribution in [0.15, 0.2) is 12.1 Å². The van der Waals surface area contributed by atoms with Gasteiger partial charge in [-0.05, 0) is 50.6 Å². The van der Waals surface area contributed by atoms with Crippen LogP contribution in [0.25, 0.3) is 0 Å². The molecule has 0 unspecified atom stereocenters. The van der Waals surface area contributed by atoms with Gasteiger partial charge in [0.1, 0.15) is 5.75 Å². The van der Waals surface area contributed by atoms with E-state index < -0.39 is 0 Å². The summed E-state index contributed by atoms with van der Waals surface area (Å²) < 4.78 is 5.30. The summed E-state index contributed by atoms with van der Waals surface area (Å²) in [4.78, 5) is 12.5. The molecule has 1 fully saturated rings. The van der Waals surface area contributed by atoms with E-state index in [-0.39, 0.29) is 11.7 Å². The van der Waals surface area contributed by atoms with Gasteiger partial charge in [-0.1, -0.05) is 11.6 Å². The molecule has 18 heavy (non-hydrogen) atoms. The molecule has 0 saturated carbocycles. The quantitative estimate of drug-likeness (QED) is 0.856. The number of ketones is 1. The molecule has 0 radical (unpaired) electrons. The van der Waals surface area contributed by atoms with Gasteiger partial charge in [-0.25, -0.2) is 0 Å². The fraction of sp³-hybridized carbons (Fsp3) is 0.500. The molecule has 1 heterocycles. The Kier molecular flexibility index (Phi) is 4.25. The zero-order valence-corrected chi connectivity index (χ0v) is 11.5. The van der Waals surface area contributed by atoms with Crippen LogP contribution in [0.4, 0.5) is 0 Å². The van der Waals surface area contributed by atoms with Gasteiger partial charge in [0.2, 0.25) is 0 Å². The predicted octanol–water partition coefficient (Wildman–Crippen LogP) is 2.84. The predicted molar refractivity (Wildman–Crippen MR) is 72.7 cm³/mol. The molecule has 1 saturated heterocycles. The van der Waals surface area contributed by atoms with Crippen molar-refractivity contribution in [3.05, 3.63) is 28.3 Å². The van der Waals surface area contributed by atoms with Gasteiger partial charge in [0.15, 0.2) is 5.78 Å². The van der Waals surface area contributed by atoms with Crippen molar-refractivity contribution in [3.63, 3.8) is 0 Å². The summed E-state index contributed by atoms with van der Waals surface area (Å²) in [6.45, 7) is 3.71. The molecule has 1 aliphatic heterocycles. The van der Waals surface area contributed by atoms with E-state index >= 15 is 0 Å². The van der Waals surface area contributed by atoms with Crippen LogP contribution in [0.2, 0.25) is 5.02 Å². The molecule has 0 atom stereocenters. The normalized spacial score (nSPS) is 16.6. The van der Waals surface area contributed by atoms with E-state index in [1.54, 1.807) is 13.2 Å². The zero-order chi connectivity index (χ0) is 13.1. The molecule has 1 N–H and O–H groups in total. The fourth-order valence-corrected chi connectivity index (χ4v) is 2.48. The van der Waals surface area contributed by atoms with E-state index in [4.69, 9.17) is 16.3 Å². The number of benzene rings is 1. The van der Waals surface area contributed by atoms with Crippen LogP contribution in [0.5, 0.6) is 5.75 Å². The molecule has 3 nitrogen and oxygen atoms in total. The number of methoxy groups -OCH3 is 1. The number of ether oxygens (including phenoxy) is 1. The van der Waals surface area contributed by atoms with Crippen molar-refractivity contribution in [3.8, 4) is 5.75 Å². The van der Waals surface area contributed by atoms with Crippen LogP contribution in [-0.4, -0.2) is 26.0 Å². The Hall–Kier alpha value is -1.06. The monoisotopic (exact) mass is 267 g/mol. The second-order valence-electron chi connectivity index (χ2n) is 4.69. The van der Waals surface area contributed by atoms with Crippen molar-refractivity contribution in [2.45, 2.75) is 19.8 Å². The van der Waals surface area contributed by atoms with Crippen molar-refractivity contribution < 1.29 is 9.53 Å². The van der Waals surface area contributed by atoms with E-state index in [1.807, 2.05) is 13.0 Å². The molecule has 2 rings (SSSR count). The topological polar surface area (TPSA) is 38.3 Å². The Labute approximate surface area is 112 Å². The lowest BCUT2D eigenvalue weighted by atomic mass is 9.89. The largest absolute Gasteiger partial charge is 0.496 e. The van der Waals surface area contributed by atoms with Gasteiger partial charge in [0.25, 0.3) is 0 Å². The Balaban J connectivity index is 2.31. The Morgan fingerprint density at radius 3 is 2.67 bits per heavy atom. The molecule has 0 amide bonds. The SMILES string of the molecule is COc1cc(C)c(Cl)cc1C(=O)C1CCNCC1. The number of halogens is 1. The summed E-state index contributed by atoms with van der Waals surface area (Å²) in [5.74, 6) is 0.856. The van der Waals surface area contributed by atoms with Crippen LogP contribution >= 0.6 is 11.6 Å². The summed E-state index contributed by atoms with van der Waals surface area (Å²) in [7, 11) is 1.59. The summed E-state index contributed by atoms with van der Waals surface area (Å²) in [5.41, 5.74) is 1.54. The third-order valence-electron chi connectivity index (χ3n) is 3.46. The first kappa shape index (κ1) is 13.4. The van der Waals surface area contributed by atoms with E-state index in [0.717, 1.165) is 31.5 Å². The number of Topliss-reactive ketones (excluding diaryl/α,β-unsaturated/α-hetero) is 1. The first-order valence-electron chi connectivity index (χ1n) is 6.22. The van der Waals surface area contributed by atoms with Crippen molar-refractivity contribution in [1.29, 1.82) is 0 Å². The third kappa shape index (κ3) is 2.68.